The van der Waals surface area contributed by atoms with Crippen LogP contribution >= 0.6 is 0 Å². The number of urea groups is 1. The van der Waals surface area contributed by atoms with E-state index < -0.39 is 17.8 Å². The number of methoxy groups -OCH3 is 2. The standard InChI is InChI=1S/C20H18N2O6/c1-11-5-4-6-13(7-11)22-19(25)14(18(24)21-20(22)26)8-12-9-15(27-2)17(23)16(10-12)28-3/h4-10,23H,1-3H3,(H,21,24,26)/b14-8-. The van der Waals surface area contributed by atoms with E-state index in [1.54, 1.807) is 18.2 Å². The van der Waals surface area contributed by atoms with Crippen LogP contribution in [0.25, 0.3) is 6.08 Å². The Balaban J connectivity index is 2.07. The fourth-order valence-electron chi connectivity index (χ4n) is 2.82. The Kier molecular flexibility index (Phi) is 5.04. The number of hydrogen-bond donors (Lipinski definition) is 2. The molecule has 0 unspecified atom stereocenters. The average molecular weight is 382 g/mol. The van der Waals surface area contributed by atoms with Gasteiger partial charge >= 0.3 is 6.03 Å². The van der Waals surface area contributed by atoms with Gasteiger partial charge in [0, 0.05) is 0 Å². The fourth-order valence-corrected chi connectivity index (χ4v) is 2.82. The number of aryl methyl sites for hydroxylation is 1. The maximum Gasteiger partial charge on any atom is 0.335 e. The summed E-state index contributed by atoms with van der Waals surface area (Å²) in [7, 11) is 2.73. The van der Waals surface area contributed by atoms with Crippen LogP contribution in [0.3, 0.4) is 0 Å². The van der Waals surface area contributed by atoms with E-state index in [0.29, 0.717) is 11.3 Å². The molecule has 2 N–H and O–H groups in total. The third-order valence-electron chi connectivity index (χ3n) is 4.17. The van der Waals surface area contributed by atoms with Gasteiger partial charge in [-0.2, -0.15) is 0 Å². The molecule has 0 aromatic heterocycles. The van der Waals surface area contributed by atoms with Crippen LogP contribution in [0.5, 0.6) is 17.2 Å². The van der Waals surface area contributed by atoms with Crippen molar-refractivity contribution in [3.8, 4) is 17.2 Å². The van der Waals surface area contributed by atoms with E-state index in [9.17, 15) is 19.5 Å². The molecule has 3 rings (SSSR count). The van der Waals surface area contributed by atoms with E-state index in [4.69, 9.17) is 9.47 Å². The van der Waals surface area contributed by atoms with Gasteiger partial charge < -0.3 is 14.6 Å². The second kappa shape index (κ2) is 7.43. The highest BCUT2D eigenvalue weighted by Crippen LogP contribution is 2.38. The zero-order chi connectivity index (χ0) is 20.4. The Labute approximate surface area is 161 Å². The topological polar surface area (TPSA) is 105 Å². The predicted molar refractivity (Wildman–Crippen MR) is 101 cm³/mol. The lowest BCUT2D eigenvalue weighted by Crippen LogP contribution is -2.54. The number of amides is 4. The van der Waals surface area contributed by atoms with E-state index in [1.807, 2.05) is 13.0 Å². The normalized spacial score (nSPS) is 15.6. The summed E-state index contributed by atoms with van der Waals surface area (Å²) in [5, 5.41) is 12.2. The predicted octanol–water partition coefficient (Wildman–Crippen LogP) is 2.38. The zero-order valence-corrected chi connectivity index (χ0v) is 15.5. The molecule has 0 spiro atoms. The number of anilines is 1. The number of benzene rings is 2. The van der Waals surface area contributed by atoms with Crippen molar-refractivity contribution < 1.29 is 29.0 Å². The second-order valence-electron chi connectivity index (χ2n) is 6.07. The van der Waals surface area contributed by atoms with Gasteiger partial charge in [0.25, 0.3) is 11.8 Å². The Hall–Kier alpha value is -3.81. The van der Waals surface area contributed by atoms with Gasteiger partial charge in [-0.05, 0) is 48.4 Å². The quantitative estimate of drug-likeness (QED) is 0.621. The van der Waals surface area contributed by atoms with Crippen LogP contribution in [0, 0.1) is 6.92 Å². The molecule has 0 radical (unpaired) electrons. The first-order valence-electron chi connectivity index (χ1n) is 8.28. The lowest BCUT2D eigenvalue weighted by atomic mass is 10.1. The number of carbonyl (C=O) groups is 3. The van der Waals surface area contributed by atoms with Gasteiger partial charge in [0.1, 0.15) is 5.57 Å². The van der Waals surface area contributed by atoms with Gasteiger partial charge in [-0.1, -0.05) is 12.1 Å². The summed E-state index contributed by atoms with van der Waals surface area (Å²) in [6.45, 7) is 1.83. The number of carbonyl (C=O) groups excluding carboxylic acids is 3. The maximum atomic E-state index is 12.9. The first kappa shape index (κ1) is 19.0. The molecule has 0 atom stereocenters. The number of aromatic hydroxyl groups is 1. The highest BCUT2D eigenvalue weighted by atomic mass is 16.5. The molecule has 1 aliphatic heterocycles. The molecule has 144 valence electrons. The maximum absolute atomic E-state index is 12.9. The number of imide groups is 2. The Morgan fingerprint density at radius 1 is 1.04 bits per heavy atom. The molecule has 1 fully saturated rings. The minimum absolute atomic E-state index is 0.112. The van der Waals surface area contributed by atoms with Crippen LogP contribution in [0.4, 0.5) is 10.5 Å². The summed E-state index contributed by atoms with van der Waals surface area (Å²) in [5.74, 6) is -1.55. The molecular weight excluding hydrogens is 364 g/mol. The van der Waals surface area contributed by atoms with Crippen molar-refractivity contribution in [1.29, 1.82) is 0 Å². The molecule has 0 saturated carbocycles. The van der Waals surface area contributed by atoms with Crippen LogP contribution in [0.2, 0.25) is 0 Å². The Morgan fingerprint density at radius 2 is 1.68 bits per heavy atom. The molecule has 2 aromatic carbocycles. The summed E-state index contributed by atoms with van der Waals surface area (Å²) in [6, 6.07) is 8.87. The van der Waals surface area contributed by atoms with Crippen LogP contribution in [0.15, 0.2) is 42.0 Å². The van der Waals surface area contributed by atoms with Crippen molar-refractivity contribution in [3.05, 3.63) is 53.1 Å². The monoisotopic (exact) mass is 382 g/mol. The first-order chi connectivity index (χ1) is 13.3. The lowest BCUT2D eigenvalue weighted by Gasteiger charge is -2.26. The molecule has 0 aliphatic carbocycles. The fraction of sp³-hybridized carbons (Fsp3) is 0.150. The molecule has 2 aromatic rings. The number of ether oxygens (including phenoxy) is 2. The molecular formula is C20H18N2O6. The Bertz CT molecular complexity index is 987. The summed E-state index contributed by atoms with van der Waals surface area (Å²) in [5.41, 5.74) is 1.34. The highest BCUT2D eigenvalue weighted by Gasteiger charge is 2.36. The van der Waals surface area contributed by atoms with Gasteiger partial charge in [-0.15, -0.1) is 0 Å². The lowest BCUT2D eigenvalue weighted by molar-refractivity contribution is -0.122. The van der Waals surface area contributed by atoms with Gasteiger partial charge in [0.2, 0.25) is 5.75 Å². The number of nitrogens with one attached hydrogen (secondary N) is 1. The van der Waals surface area contributed by atoms with E-state index >= 15 is 0 Å². The van der Waals surface area contributed by atoms with Crippen molar-refractivity contribution in [1.82, 2.24) is 5.32 Å². The van der Waals surface area contributed by atoms with Gasteiger partial charge in [-0.25, -0.2) is 9.69 Å². The minimum atomic E-state index is -0.821. The van der Waals surface area contributed by atoms with Crippen LogP contribution in [0.1, 0.15) is 11.1 Å². The molecule has 28 heavy (non-hydrogen) atoms. The molecule has 1 saturated heterocycles. The summed E-state index contributed by atoms with van der Waals surface area (Å²) in [4.78, 5) is 38.3. The first-order valence-corrected chi connectivity index (χ1v) is 8.28. The van der Waals surface area contributed by atoms with E-state index in [-0.39, 0.29) is 22.8 Å². The van der Waals surface area contributed by atoms with Gasteiger partial charge in [0.05, 0.1) is 19.9 Å². The Morgan fingerprint density at radius 3 is 2.25 bits per heavy atom. The van der Waals surface area contributed by atoms with E-state index in [2.05, 4.69) is 5.32 Å². The van der Waals surface area contributed by atoms with E-state index in [0.717, 1.165) is 10.5 Å². The average Bonchev–Trinajstić information content (AvgIpc) is 2.66. The second-order valence-corrected chi connectivity index (χ2v) is 6.07. The molecule has 8 heteroatoms. The highest BCUT2D eigenvalue weighted by molar-refractivity contribution is 6.39. The van der Waals surface area contributed by atoms with Gasteiger partial charge in [-0.3, -0.25) is 14.9 Å². The van der Waals surface area contributed by atoms with Gasteiger partial charge in [0.15, 0.2) is 11.5 Å². The number of nitrogens with zero attached hydrogens (tertiary/aromatic N) is 1. The third kappa shape index (κ3) is 3.39. The van der Waals surface area contributed by atoms with Crippen LogP contribution in [-0.4, -0.2) is 37.2 Å². The smallest absolute Gasteiger partial charge is 0.335 e. The van der Waals surface area contributed by atoms with Crippen molar-refractivity contribution in [3.63, 3.8) is 0 Å². The van der Waals surface area contributed by atoms with Crippen molar-refractivity contribution >= 4 is 29.6 Å². The number of rotatable bonds is 4. The molecule has 0 bridgehead atoms. The molecule has 4 amide bonds. The zero-order valence-electron chi connectivity index (χ0n) is 15.5. The summed E-state index contributed by atoms with van der Waals surface area (Å²) >= 11 is 0. The van der Waals surface area contributed by atoms with E-state index in [1.165, 1.54) is 32.4 Å². The minimum Gasteiger partial charge on any atom is -0.502 e. The number of phenolic OH excluding ortho intramolecular Hbond substituents is 1. The van der Waals surface area contributed by atoms with Crippen molar-refractivity contribution in [2.45, 2.75) is 6.92 Å². The summed E-state index contributed by atoms with van der Waals surface area (Å²) < 4.78 is 10.2. The van der Waals surface area contributed by atoms with Crippen molar-refractivity contribution in [2.24, 2.45) is 0 Å². The molecule has 1 heterocycles. The molecule has 8 nitrogen and oxygen atoms in total. The summed E-state index contributed by atoms with van der Waals surface area (Å²) in [6.07, 6.45) is 1.30. The SMILES string of the molecule is COc1cc(/C=C2/C(=O)NC(=O)N(c3cccc(C)c3)C2=O)cc(OC)c1O. The number of phenols is 1. The van der Waals surface area contributed by atoms with Crippen LogP contribution in [-0.2, 0) is 9.59 Å². The third-order valence-corrected chi connectivity index (χ3v) is 4.17. The molecule has 1 aliphatic rings. The van der Waals surface area contributed by atoms with Crippen LogP contribution < -0.4 is 19.7 Å². The number of barbiturate groups is 1. The largest absolute Gasteiger partial charge is 0.502 e. The van der Waals surface area contributed by atoms with Crippen molar-refractivity contribution in [2.75, 3.05) is 19.1 Å². The number of hydrogen-bond acceptors (Lipinski definition) is 6.